The van der Waals surface area contributed by atoms with Crippen LogP contribution in [-0.2, 0) is 18.9 Å². The third-order valence-corrected chi connectivity index (χ3v) is 3.83. The molecule has 5 heteroatoms. The third-order valence-electron chi connectivity index (χ3n) is 3.83. The molecule has 3 rings (SSSR count). The molecule has 1 aromatic heterocycles. The van der Waals surface area contributed by atoms with Crippen LogP contribution in [0.3, 0.4) is 0 Å². The summed E-state index contributed by atoms with van der Waals surface area (Å²) in [6.45, 7) is 2.38. The summed E-state index contributed by atoms with van der Waals surface area (Å²) in [5.74, 6) is 0.839. The van der Waals surface area contributed by atoms with Crippen LogP contribution in [0, 0.1) is 6.92 Å². The highest BCUT2D eigenvalue weighted by atomic mass is 16.7. The van der Waals surface area contributed by atoms with Gasteiger partial charge in [0.1, 0.15) is 31.6 Å². The van der Waals surface area contributed by atoms with Crippen LogP contribution < -0.4 is 0 Å². The monoisotopic (exact) mass is 304 g/mol. The summed E-state index contributed by atoms with van der Waals surface area (Å²) < 4.78 is 27.7. The van der Waals surface area contributed by atoms with Crippen LogP contribution >= 0.6 is 0 Å². The first-order valence-electron chi connectivity index (χ1n) is 7.16. The minimum Gasteiger partial charge on any atom is -0.464 e. The molecule has 22 heavy (non-hydrogen) atoms. The quantitative estimate of drug-likeness (QED) is 0.763. The highest BCUT2D eigenvalue weighted by Gasteiger charge is 2.38. The molecule has 1 heterocycles. The summed E-state index contributed by atoms with van der Waals surface area (Å²) in [5, 5.41) is 0. The summed E-state index contributed by atoms with van der Waals surface area (Å²) in [6.07, 6.45) is 1.19. The number of rotatable bonds is 6. The first kappa shape index (κ1) is 15.2. The van der Waals surface area contributed by atoms with Crippen molar-refractivity contribution >= 4 is 0 Å². The number of methoxy groups -OCH3 is 2. The van der Waals surface area contributed by atoms with E-state index < -0.39 is 0 Å². The van der Waals surface area contributed by atoms with Gasteiger partial charge in [-0.25, -0.2) is 0 Å². The van der Waals surface area contributed by atoms with Gasteiger partial charge in [-0.2, -0.15) is 0 Å². The highest BCUT2D eigenvalue weighted by Crippen LogP contribution is 2.49. The van der Waals surface area contributed by atoms with E-state index in [9.17, 15) is 0 Å². The van der Waals surface area contributed by atoms with Gasteiger partial charge in [-0.05, 0) is 18.1 Å². The zero-order chi connectivity index (χ0) is 15.5. The van der Waals surface area contributed by atoms with Gasteiger partial charge in [0.15, 0.2) is 0 Å². The van der Waals surface area contributed by atoms with E-state index in [4.69, 9.17) is 23.4 Å². The third kappa shape index (κ3) is 2.57. The zero-order valence-corrected chi connectivity index (χ0v) is 13.0. The highest BCUT2D eigenvalue weighted by molar-refractivity contribution is 5.71. The number of fused-ring (bicyclic) bond motifs is 3. The summed E-state index contributed by atoms with van der Waals surface area (Å²) >= 11 is 0. The standard InChI is InChI=1S/C17H20O5/c1-11-8-20-15-12-6-4-5-7-13(12)16(21-9-18-2)17(14(11)15)22-10-19-3/h4-8,16-17H,9-10H2,1-3H3/t16-,17-/m0/s1. The lowest BCUT2D eigenvalue weighted by atomic mass is 9.85. The van der Waals surface area contributed by atoms with Gasteiger partial charge in [-0.1, -0.05) is 24.3 Å². The molecule has 0 radical (unpaired) electrons. The summed E-state index contributed by atoms with van der Waals surface area (Å²) in [4.78, 5) is 0. The molecule has 5 nitrogen and oxygen atoms in total. The fourth-order valence-corrected chi connectivity index (χ4v) is 2.91. The molecule has 2 aromatic rings. The topological polar surface area (TPSA) is 50.1 Å². The molecule has 0 amide bonds. The molecular weight excluding hydrogens is 284 g/mol. The normalized spacial score (nSPS) is 19.8. The van der Waals surface area contributed by atoms with Crippen molar-refractivity contribution in [2.24, 2.45) is 0 Å². The molecule has 0 bridgehead atoms. The SMILES string of the molecule is COCO[C@H]1c2ccccc2-c2occ(C)c2[C@@H]1OCOC. The van der Waals surface area contributed by atoms with E-state index in [1.807, 2.05) is 31.2 Å². The Balaban J connectivity index is 2.08. The van der Waals surface area contributed by atoms with Crippen LogP contribution in [0.1, 0.15) is 28.9 Å². The van der Waals surface area contributed by atoms with Crippen LogP contribution in [0.2, 0.25) is 0 Å². The summed E-state index contributed by atoms with van der Waals surface area (Å²) in [6, 6.07) is 8.03. The molecule has 0 saturated heterocycles. The average molecular weight is 304 g/mol. The second-order valence-corrected chi connectivity index (χ2v) is 5.24. The van der Waals surface area contributed by atoms with Gasteiger partial charge in [-0.15, -0.1) is 0 Å². The van der Waals surface area contributed by atoms with E-state index in [1.54, 1.807) is 20.5 Å². The maximum Gasteiger partial charge on any atom is 0.147 e. The molecule has 1 aliphatic rings. The van der Waals surface area contributed by atoms with Crippen molar-refractivity contribution in [1.29, 1.82) is 0 Å². The molecule has 1 aromatic carbocycles. The van der Waals surface area contributed by atoms with Crippen molar-refractivity contribution in [3.8, 4) is 11.3 Å². The minimum absolute atomic E-state index is 0.184. The molecule has 0 saturated carbocycles. The first-order valence-corrected chi connectivity index (χ1v) is 7.16. The van der Waals surface area contributed by atoms with Crippen LogP contribution in [0.4, 0.5) is 0 Å². The molecular formula is C17H20O5. The van der Waals surface area contributed by atoms with Crippen molar-refractivity contribution in [3.63, 3.8) is 0 Å². The van der Waals surface area contributed by atoms with Gasteiger partial charge in [0.2, 0.25) is 0 Å². The number of aryl methyl sites for hydroxylation is 1. The van der Waals surface area contributed by atoms with E-state index in [2.05, 4.69) is 0 Å². The first-order chi connectivity index (χ1) is 10.8. The molecule has 0 spiro atoms. The Morgan fingerprint density at radius 1 is 1.00 bits per heavy atom. The van der Waals surface area contributed by atoms with Crippen LogP contribution in [-0.4, -0.2) is 27.8 Å². The Morgan fingerprint density at radius 3 is 2.41 bits per heavy atom. The molecule has 0 fully saturated rings. The van der Waals surface area contributed by atoms with Gasteiger partial charge in [0.05, 0.1) is 6.26 Å². The Hall–Kier alpha value is -1.66. The van der Waals surface area contributed by atoms with Crippen molar-refractivity contribution in [3.05, 3.63) is 47.2 Å². The van der Waals surface area contributed by atoms with Crippen molar-refractivity contribution in [1.82, 2.24) is 0 Å². The lowest BCUT2D eigenvalue weighted by Gasteiger charge is -2.32. The predicted molar refractivity (Wildman–Crippen MR) is 80.3 cm³/mol. The molecule has 0 unspecified atom stereocenters. The Morgan fingerprint density at radius 2 is 1.68 bits per heavy atom. The van der Waals surface area contributed by atoms with Gasteiger partial charge >= 0.3 is 0 Å². The predicted octanol–water partition coefficient (Wildman–Crippen LogP) is 3.59. The van der Waals surface area contributed by atoms with Gasteiger partial charge in [0.25, 0.3) is 0 Å². The number of ether oxygens (including phenoxy) is 4. The number of hydrogen-bond donors (Lipinski definition) is 0. The largest absolute Gasteiger partial charge is 0.464 e. The minimum atomic E-state index is -0.293. The van der Waals surface area contributed by atoms with Crippen molar-refractivity contribution < 1.29 is 23.4 Å². The van der Waals surface area contributed by atoms with Crippen LogP contribution in [0.5, 0.6) is 0 Å². The molecule has 0 aliphatic heterocycles. The lowest BCUT2D eigenvalue weighted by molar-refractivity contribution is -0.163. The Labute approximate surface area is 129 Å². The van der Waals surface area contributed by atoms with E-state index in [0.717, 1.165) is 28.0 Å². The molecule has 2 atom stereocenters. The van der Waals surface area contributed by atoms with Gasteiger partial charge < -0.3 is 23.4 Å². The van der Waals surface area contributed by atoms with E-state index in [1.165, 1.54) is 0 Å². The average Bonchev–Trinajstić information content (AvgIpc) is 2.93. The molecule has 1 aliphatic carbocycles. The fraction of sp³-hybridized carbons (Fsp3) is 0.412. The summed E-state index contributed by atoms with van der Waals surface area (Å²) in [5.41, 5.74) is 4.11. The smallest absolute Gasteiger partial charge is 0.147 e. The van der Waals surface area contributed by atoms with Crippen molar-refractivity contribution in [2.75, 3.05) is 27.8 Å². The zero-order valence-electron chi connectivity index (χ0n) is 13.0. The summed E-state index contributed by atoms with van der Waals surface area (Å²) in [7, 11) is 3.21. The Kier molecular flexibility index (Phi) is 4.59. The second kappa shape index (κ2) is 6.62. The maximum absolute atomic E-state index is 5.91. The van der Waals surface area contributed by atoms with E-state index in [0.29, 0.717) is 0 Å². The maximum atomic E-state index is 5.91. The van der Waals surface area contributed by atoms with E-state index >= 15 is 0 Å². The van der Waals surface area contributed by atoms with Gasteiger partial charge in [-0.3, -0.25) is 0 Å². The van der Waals surface area contributed by atoms with Crippen LogP contribution in [0.25, 0.3) is 11.3 Å². The van der Waals surface area contributed by atoms with E-state index in [-0.39, 0.29) is 25.8 Å². The fourth-order valence-electron chi connectivity index (χ4n) is 2.91. The molecule has 0 N–H and O–H groups in total. The second-order valence-electron chi connectivity index (χ2n) is 5.24. The lowest BCUT2D eigenvalue weighted by Crippen LogP contribution is -2.24. The van der Waals surface area contributed by atoms with Crippen LogP contribution in [0.15, 0.2) is 34.9 Å². The Bertz CT molecular complexity index is 634. The number of hydrogen-bond acceptors (Lipinski definition) is 5. The number of benzene rings is 1. The van der Waals surface area contributed by atoms with Gasteiger partial charge in [0, 0.05) is 25.3 Å². The number of furan rings is 1. The molecule has 118 valence electrons. The van der Waals surface area contributed by atoms with Crippen molar-refractivity contribution in [2.45, 2.75) is 19.1 Å².